The Morgan fingerprint density at radius 2 is 1.83 bits per heavy atom. The summed E-state index contributed by atoms with van der Waals surface area (Å²) in [5.41, 5.74) is 2.02. The molecule has 2 amide bonds. The molecule has 5 nitrogen and oxygen atoms in total. The number of amides is 2. The first-order valence-corrected chi connectivity index (χ1v) is 9.02. The smallest absolute Gasteiger partial charge is 0.311 e. The van der Waals surface area contributed by atoms with E-state index in [0.717, 1.165) is 17.7 Å². The normalized spacial score (nSPS) is 16.2. The van der Waals surface area contributed by atoms with Gasteiger partial charge < -0.3 is 10.2 Å². The molecule has 4 rings (SSSR count). The number of pyridine rings is 2. The molecule has 8 heteroatoms. The summed E-state index contributed by atoms with van der Waals surface area (Å²) in [6.45, 7) is 0.413. The van der Waals surface area contributed by atoms with Gasteiger partial charge in [-0.1, -0.05) is 18.2 Å². The van der Waals surface area contributed by atoms with Crippen LogP contribution in [0.15, 0.2) is 67.1 Å². The lowest BCUT2D eigenvalue weighted by atomic mass is 9.92. The van der Waals surface area contributed by atoms with Gasteiger partial charge in [0.1, 0.15) is 6.04 Å². The molecule has 0 fully saturated rings. The van der Waals surface area contributed by atoms with Gasteiger partial charge in [0.2, 0.25) is 0 Å². The number of halogens is 3. The monoisotopic (exact) mass is 398 g/mol. The van der Waals surface area contributed by atoms with Gasteiger partial charge in [0, 0.05) is 18.9 Å². The van der Waals surface area contributed by atoms with Gasteiger partial charge >= 0.3 is 12.2 Å². The SMILES string of the molecule is O=C(Nc1cccnc1)N1CCc2cccnc2C1c1ccc(C(F)(F)F)cc1. The van der Waals surface area contributed by atoms with Gasteiger partial charge in [-0.2, -0.15) is 13.2 Å². The van der Waals surface area contributed by atoms with Crippen molar-refractivity contribution in [2.75, 3.05) is 11.9 Å². The number of hydrogen-bond acceptors (Lipinski definition) is 3. The van der Waals surface area contributed by atoms with E-state index >= 15 is 0 Å². The fourth-order valence-corrected chi connectivity index (χ4v) is 3.47. The summed E-state index contributed by atoms with van der Waals surface area (Å²) in [5, 5.41) is 2.79. The Hall–Kier alpha value is -3.42. The highest BCUT2D eigenvalue weighted by Crippen LogP contribution is 2.36. The van der Waals surface area contributed by atoms with Crippen molar-refractivity contribution in [1.82, 2.24) is 14.9 Å². The summed E-state index contributed by atoms with van der Waals surface area (Å²) in [5.74, 6) is 0. The molecule has 1 N–H and O–H groups in total. The maximum Gasteiger partial charge on any atom is 0.416 e. The van der Waals surface area contributed by atoms with Crippen LogP contribution in [0.2, 0.25) is 0 Å². The first-order valence-electron chi connectivity index (χ1n) is 9.02. The molecule has 3 heterocycles. The third kappa shape index (κ3) is 3.91. The quantitative estimate of drug-likeness (QED) is 0.682. The molecule has 0 bridgehead atoms. The van der Waals surface area contributed by atoms with Crippen molar-refractivity contribution in [2.45, 2.75) is 18.6 Å². The minimum atomic E-state index is -4.42. The molecule has 0 aliphatic carbocycles. The number of rotatable bonds is 2. The lowest BCUT2D eigenvalue weighted by molar-refractivity contribution is -0.137. The summed E-state index contributed by atoms with van der Waals surface area (Å²) in [6.07, 6.45) is 0.945. The van der Waals surface area contributed by atoms with Gasteiger partial charge in [-0.05, 0) is 47.9 Å². The Morgan fingerprint density at radius 3 is 2.52 bits per heavy atom. The predicted molar refractivity (Wildman–Crippen MR) is 101 cm³/mol. The highest BCUT2D eigenvalue weighted by molar-refractivity contribution is 5.89. The molecule has 3 aromatic rings. The number of hydrogen-bond donors (Lipinski definition) is 1. The molecule has 148 valence electrons. The highest BCUT2D eigenvalue weighted by atomic mass is 19.4. The van der Waals surface area contributed by atoms with Crippen LogP contribution in [0.25, 0.3) is 0 Å². The van der Waals surface area contributed by atoms with Crippen LogP contribution in [0, 0.1) is 0 Å². The Labute approximate surface area is 165 Å². The largest absolute Gasteiger partial charge is 0.416 e. The zero-order valence-electron chi connectivity index (χ0n) is 15.2. The van der Waals surface area contributed by atoms with E-state index in [1.807, 2.05) is 12.1 Å². The minimum absolute atomic E-state index is 0.362. The number of fused-ring (bicyclic) bond motifs is 1. The Balaban J connectivity index is 1.70. The van der Waals surface area contributed by atoms with Crippen molar-refractivity contribution in [2.24, 2.45) is 0 Å². The molecule has 0 saturated carbocycles. The van der Waals surface area contributed by atoms with Crippen LogP contribution < -0.4 is 5.32 Å². The summed E-state index contributed by atoms with van der Waals surface area (Å²) in [4.78, 5) is 23.0. The van der Waals surface area contributed by atoms with E-state index in [1.54, 1.807) is 29.4 Å². The van der Waals surface area contributed by atoms with Crippen LogP contribution in [-0.2, 0) is 12.6 Å². The average Bonchev–Trinajstić information content (AvgIpc) is 2.73. The molecule has 1 aromatic carbocycles. The fraction of sp³-hybridized carbons (Fsp3) is 0.190. The molecule has 1 unspecified atom stereocenters. The average molecular weight is 398 g/mol. The van der Waals surface area contributed by atoms with Crippen molar-refractivity contribution in [3.8, 4) is 0 Å². The Kier molecular flexibility index (Phi) is 4.92. The molecule has 1 aliphatic rings. The lowest BCUT2D eigenvalue weighted by Gasteiger charge is -2.36. The summed E-state index contributed by atoms with van der Waals surface area (Å²) < 4.78 is 38.9. The number of benzene rings is 1. The molecule has 1 aliphatic heterocycles. The maximum atomic E-state index is 13.0. The molecule has 0 spiro atoms. The molecule has 0 saturated heterocycles. The van der Waals surface area contributed by atoms with Crippen LogP contribution in [-0.4, -0.2) is 27.4 Å². The second kappa shape index (κ2) is 7.54. The van der Waals surface area contributed by atoms with E-state index in [4.69, 9.17) is 0 Å². The topological polar surface area (TPSA) is 58.1 Å². The van der Waals surface area contributed by atoms with Gasteiger partial charge in [-0.25, -0.2) is 4.79 Å². The number of urea groups is 1. The number of carbonyl (C=O) groups excluding carboxylic acids is 1. The molecule has 29 heavy (non-hydrogen) atoms. The van der Waals surface area contributed by atoms with Crippen molar-refractivity contribution in [3.63, 3.8) is 0 Å². The first-order chi connectivity index (χ1) is 13.9. The summed E-state index contributed by atoms with van der Waals surface area (Å²) in [6, 6.07) is 11.1. The number of alkyl halides is 3. The summed E-state index contributed by atoms with van der Waals surface area (Å²) in [7, 11) is 0. The van der Waals surface area contributed by atoms with E-state index < -0.39 is 17.8 Å². The number of nitrogens with one attached hydrogen (secondary N) is 1. The molecule has 1 atom stereocenters. The highest BCUT2D eigenvalue weighted by Gasteiger charge is 2.35. The van der Waals surface area contributed by atoms with Crippen LogP contribution in [0.3, 0.4) is 0 Å². The second-order valence-corrected chi connectivity index (χ2v) is 6.69. The first kappa shape index (κ1) is 18.9. The number of aromatic nitrogens is 2. The third-order valence-corrected chi connectivity index (χ3v) is 4.85. The van der Waals surface area contributed by atoms with E-state index in [-0.39, 0.29) is 6.03 Å². The van der Waals surface area contributed by atoms with Gasteiger partial charge in [-0.15, -0.1) is 0 Å². The zero-order valence-corrected chi connectivity index (χ0v) is 15.2. The van der Waals surface area contributed by atoms with Crippen LogP contribution in [0.4, 0.5) is 23.7 Å². The lowest BCUT2D eigenvalue weighted by Crippen LogP contribution is -2.43. The number of anilines is 1. The van der Waals surface area contributed by atoms with Gasteiger partial charge in [0.05, 0.1) is 23.1 Å². The van der Waals surface area contributed by atoms with E-state index in [1.165, 1.54) is 18.3 Å². The van der Waals surface area contributed by atoms with E-state index in [2.05, 4.69) is 15.3 Å². The standard InChI is InChI=1S/C21H17F3N4O/c22-21(23,24)16-7-5-15(6-8-16)19-18-14(3-1-11-26-18)9-12-28(19)20(29)27-17-4-2-10-25-13-17/h1-8,10-11,13,19H,9,12H2,(H,27,29). The van der Waals surface area contributed by atoms with Gasteiger partial charge in [0.25, 0.3) is 0 Å². The Bertz CT molecular complexity index is 1010. The molecule has 2 aromatic heterocycles. The van der Waals surface area contributed by atoms with E-state index in [9.17, 15) is 18.0 Å². The maximum absolute atomic E-state index is 13.0. The predicted octanol–water partition coefficient (Wildman–Crippen LogP) is 4.68. The van der Waals surface area contributed by atoms with Crippen LogP contribution in [0.1, 0.15) is 28.4 Å². The third-order valence-electron chi connectivity index (χ3n) is 4.85. The minimum Gasteiger partial charge on any atom is -0.311 e. The van der Waals surface area contributed by atoms with Crippen LogP contribution >= 0.6 is 0 Å². The van der Waals surface area contributed by atoms with Crippen molar-refractivity contribution in [3.05, 3.63) is 89.5 Å². The molecule has 0 radical (unpaired) electrons. The Morgan fingerprint density at radius 1 is 1.07 bits per heavy atom. The number of carbonyl (C=O) groups is 1. The van der Waals surface area contributed by atoms with Crippen LogP contribution in [0.5, 0.6) is 0 Å². The van der Waals surface area contributed by atoms with Crippen molar-refractivity contribution >= 4 is 11.7 Å². The van der Waals surface area contributed by atoms with Gasteiger partial charge in [0.15, 0.2) is 0 Å². The number of nitrogens with zero attached hydrogens (tertiary/aromatic N) is 3. The molecular formula is C21H17F3N4O. The second-order valence-electron chi connectivity index (χ2n) is 6.69. The van der Waals surface area contributed by atoms with Crippen molar-refractivity contribution < 1.29 is 18.0 Å². The summed E-state index contributed by atoms with van der Waals surface area (Å²) >= 11 is 0. The zero-order chi connectivity index (χ0) is 20.4. The molecular weight excluding hydrogens is 381 g/mol. The van der Waals surface area contributed by atoms with Crippen molar-refractivity contribution in [1.29, 1.82) is 0 Å². The fourth-order valence-electron chi connectivity index (χ4n) is 3.47. The van der Waals surface area contributed by atoms with E-state index in [0.29, 0.717) is 29.9 Å². The van der Waals surface area contributed by atoms with Gasteiger partial charge in [-0.3, -0.25) is 9.97 Å².